The number of hydrogen-bond acceptors (Lipinski definition) is 2. The fraction of sp³-hybridized carbons (Fsp3) is 0.107. The largest absolute Gasteiger partial charge is 0.363 e. The van der Waals surface area contributed by atoms with Crippen LogP contribution in [0, 0.1) is 0 Å². The lowest BCUT2D eigenvalue weighted by Crippen LogP contribution is -2.51. The summed E-state index contributed by atoms with van der Waals surface area (Å²) < 4.78 is 2.53. The molecule has 0 bridgehead atoms. The van der Waals surface area contributed by atoms with E-state index >= 15 is 0 Å². The van der Waals surface area contributed by atoms with Gasteiger partial charge in [-0.15, -0.1) is 0 Å². The van der Waals surface area contributed by atoms with Crippen molar-refractivity contribution in [2.75, 3.05) is 5.32 Å². The first-order valence-corrected chi connectivity index (χ1v) is 20.8. The third-order valence-electron chi connectivity index (χ3n) is 13.4. The van der Waals surface area contributed by atoms with Gasteiger partial charge in [0, 0.05) is 27.6 Å². The summed E-state index contributed by atoms with van der Waals surface area (Å²) in [6, 6.07) is 69.4. The minimum Gasteiger partial charge on any atom is -0.363 e. The minimum atomic E-state index is -0.491. The van der Waals surface area contributed by atoms with Gasteiger partial charge < -0.3 is 9.88 Å². The van der Waals surface area contributed by atoms with Crippen LogP contribution in [0.1, 0.15) is 54.6 Å². The van der Waals surface area contributed by atoms with E-state index in [4.69, 9.17) is 0 Å². The van der Waals surface area contributed by atoms with E-state index in [1.807, 2.05) is 0 Å². The Hall–Kier alpha value is -6.94. The smallest absolute Gasteiger partial charge is 0.112 e. The topological polar surface area (TPSA) is 29.0 Å². The number of anilines is 1. The Morgan fingerprint density at radius 1 is 0.492 bits per heavy atom. The van der Waals surface area contributed by atoms with Gasteiger partial charge in [-0.05, 0) is 109 Å². The average Bonchev–Trinajstić information content (AvgIpc) is 3.75. The molecule has 9 aromatic carbocycles. The molecule has 0 amide bonds. The number of rotatable bonds is 4. The van der Waals surface area contributed by atoms with E-state index < -0.39 is 5.66 Å². The molecule has 3 heteroatoms. The fourth-order valence-corrected chi connectivity index (χ4v) is 10.8. The summed E-state index contributed by atoms with van der Waals surface area (Å²) in [6.45, 7) is 7.13. The number of hydrogen-bond donors (Lipinski definition) is 2. The summed E-state index contributed by atoms with van der Waals surface area (Å²) in [5.74, 6) is 0. The molecule has 0 saturated heterocycles. The molecule has 2 atom stereocenters. The van der Waals surface area contributed by atoms with Crippen LogP contribution in [0.4, 0.5) is 5.69 Å². The van der Waals surface area contributed by atoms with Gasteiger partial charge in [0.2, 0.25) is 0 Å². The van der Waals surface area contributed by atoms with Gasteiger partial charge in [-0.25, -0.2) is 0 Å². The Bertz CT molecular complexity index is 3320. The third-order valence-corrected chi connectivity index (χ3v) is 13.4. The van der Waals surface area contributed by atoms with E-state index in [1.54, 1.807) is 0 Å². The molecular formula is C56H43N3. The van der Waals surface area contributed by atoms with Crippen LogP contribution in [0.3, 0.4) is 0 Å². The highest BCUT2D eigenvalue weighted by Gasteiger charge is 2.41. The number of fused-ring (bicyclic) bond motifs is 13. The zero-order chi connectivity index (χ0) is 39.5. The summed E-state index contributed by atoms with van der Waals surface area (Å²) in [4.78, 5) is 0. The van der Waals surface area contributed by atoms with Crippen LogP contribution in [0.15, 0.2) is 188 Å². The number of benzene rings is 9. The van der Waals surface area contributed by atoms with Gasteiger partial charge in [0.05, 0.1) is 17.1 Å². The quantitative estimate of drug-likeness (QED) is 0.175. The SMILES string of the molecule is CC1(C)c2c(c3ccccc3c3ccccc23)-c2ccc3c4ccccc4n(-c4ccc(-c5cccc([C@]6(C)Nc7ccccc7C(c7ccccc7)N6)c5)cc4)c3c21. The molecule has 0 saturated carbocycles. The normalized spacial score (nSPS) is 17.8. The number of para-hydroxylation sites is 2. The lowest BCUT2D eigenvalue weighted by molar-refractivity contribution is 0.367. The minimum absolute atomic E-state index is 0.0597. The van der Waals surface area contributed by atoms with Crippen molar-refractivity contribution in [3.05, 3.63) is 216 Å². The Labute approximate surface area is 344 Å². The summed E-state index contributed by atoms with van der Waals surface area (Å²) in [5, 5.41) is 15.7. The molecule has 10 aromatic rings. The predicted molar refractivity (Wildman–Crippen MR) is 248 cm³/mol. The molecule has 2 N–H and O–H groups in total. The van der Waals surface area contributed by atoms with E-state index in [9.17, 15) is 0 Å². The van der Waals surface area contributed by atoms with Crippen molar-refractivity contribution in [1.82, 2.24) is 9.88 Å². The number of nitrogens with one attached hydrogen (secondary N) is 2. The second kappa shape index (κ2) is 12.5. The lowest BCUT2D eigenvalue weighted by Gasteiger charge is -2.43. The van der Waals surface area contributed by atoms with Crippen LogP contribution in [0.25, 0.3) is 71.3 Å². The van der Waals surface area contributed by atoms with Gasteiger partial charge >= 0.3 is 0 Å². The monoisotopic (exact) mass is 757 g/mol. The second-order valence-corrected chi connectivity index (χ2v) is 17.2. The number of aromatic nitrogens is 1. The third kappa shape index (κ3) is 4.92. The van der Waals surface area contributed by atoms with Crippen LogP contribution in [0.5, 0.6) is 0 Å². The molecule has 1 aliphatic carbocycles. The highest BCUT2D eigenvalue weighted by atomic mass is 15.2. The molecule has 282 valence electrons. The van der Waals surface area contributed by atoms with Crippen molar-refractivity contribution in [2.45, 2.75) is 37.9 Å². The standard InChI is InChI=1S/C56H43N3/c1-55(2)51-44-24-10-8-21-41(44)40-20-7-9-23-43(40)50(51)47-33-32-45-42-22-12-14-27-49(42)59(54(45)52(47)55)39-30-28-35(29-31-39)37-18-15-19-38(34-37)56(3)57-48-26-13-11-25-46(48)53(58-56)36-16-5-4-6-17-36/h4-34,53,57-58H,1-3H3/t53?,56-/m1/s1. The first-order chi connectivity index (χ1) is 28.9. The van der Waals surface area contributed by atoms with E-state index in [0.717, 1.165) is 11.4 Å². The first kappa shape index (κ1) is 34.1. The molecule has 0 spiro atoms. The Morgan fingerprint density at radius 2 is 1.15 bits per heavy atom. The molecule has 59 heavy (non-hydrogen) atoms. The Kier molecular flexibility index (Phi) is 7.25. The van der Waals surface area contributed by atoms with E-state index in [1.165, 1.54) is 93.4 Å². The molecule has 1 unspecified atom stereocenters. The molecule has 0 fully saturated rings. The van der Waals surface area contributed by atoms with Crippen molar-refractivity contribution in [2.24, 2.45) is 0 Å². The van der Waals surface area contributed by atoms with Gasteiger partial charge in [-0.3, -0.25) is 5.32 Å². The van der Waals surface area contributed by atoms with Crippen molar-refractivity contribution in [3.8, 4) is 27.9 Å². The van der Waals surface area contributed by atoms with Crippen LogP contribution < -0.4 is 10.6 Å². The predicted octanol–water partition coefficient (Wildman–Crippen LogP) is 14.0. The van der Waals surface area contributed by atoms with Crippen molar-refractivity contribution in [1.29, 1.82) is 0 Å². The highest BCUT2D eigenvalue weighted by Crippen LogP contribution is 2.57. The zero-order valence-electron chi connectivity index (χ0n) is 33.4. The van der Waals surface area contributed by atoms with Crippen molar-refractivity contribution in [3.63, 3.8) is 0 Å². The Balaban J connectivity index is 0.991. The maximum Gasteiger partial charge on any atom is 0.112 e. The fourth-order valence-electron chi connectivity index (χ4n) is 10.8. The van der Waals surface area contributed by atoms with E-state index in [0.29, 0.717) is 0 Å². The second-order valence-electron chi connectivity index (χ2n) is 17.2. The molecule has 1 aliphatic heterocycles. The van der Waals surface area contributed by atoms with Gasteiger partial charge in [0.1, 0.15) is 5.66 Å². The Morgan fingerprint density at radius 3 is 1.95 bits per heavy atom. The van der Waals surface area contributed by atoms with Gasteiger partial charge in [-0.2, -0.15) is 0 Å². The maximum absolute atomic E-state index is 4.00. The molecule has 1 aromatic heterocycles. The van der Waals surface area contributed by atoms with Gasteiger partial charge in [0.25, 0.3) is 0 Å². The average molecular weight is 758 g/mol. The van der Waals surface area contributed by atoms with Crippen LogP contribution in [-0.2, 0) is 11.1 Å². The summed E-state index contributed by atoms with van der Waals surface area (Å²) in [6.07, 6.45) is 0. The molecular weight excluding hydrogens is 715 g/mol. The lowest BCUT2D eigenvalue weighted by atomic mass is 9.78. The molecule has 0 radical (unpaired) electrons. The van der Waals surface area contributed by atoms with Crippen LogP contribution >= 0.6 is 0 Å². The van der Waals surface area contributed by atoms with Gasteiger partial charge in [0.15, 0.2) is 0 Å². The molecule has 2 aliphatic rings. The zero-order valence-corrected chi connectivity index (χ0v) is 33.4. The van der Waals surface area contributed by atoms with Crippen molar-refractivity contribution >= 4 is 49.0 Å². The summed E-state index contributed by atoms with van der Waals surface area (Å²) >= 11 is 0. The maximum atomic E-state index is 4.00. The van der Waals surface area contributed by atoms with Gasteiger partial charge in [-0.1, -0.05) is 172 Å². The molecule has 3 nitrogen and oxygen atoms in total. The van der Waals surface area contributed by atoms with E-state index in [2.05, 4.69) is 224 Å². The highest BCUT2D eigenvalue weighted by molar-refractivity contribution is 6.21. The number of nitrogens with zero attached hydrogens (tertiary/aromatic N) is 1. The van der Waals surface area contributed by atoms with Crippen LogP contribution in [0.2, 0.25) is 0 Å². The summed E-state index contributed by atoms with van der Waals surface area (Å²) in [5.41, 5.74) is 15.7. The molecule has 12 rings (SSSR count). The molecule has 2 heterocycles. The van der Waals surface area contributed by atoms with E-state index in [-0.39, 0.29) is 11.5 Å². The van der Waals surface area contributed by atoms with Crippen LogP contribution in [-0.4, -0.2) is 4.57 Å². The summed E-state index contributed by atoms with van der Waals surface area (Å²) in [7, 11) is 0. The van der Waals surface area contributed by atoms with Crippen molar-refractivity contribution < 1.29 is 0 Å². The first-order valence-electron chi connectivity index (χ1n) is 20.8.